The average molecular weight is 587 g/mol. The van der Waals surface area contributed by atoms with Crippen LogP contribution in [0.15, 0.2) is 54.6 Å². The number of aliphatic hydroxyl groups is 1. The summed E-state index contributed by atoms with van der Waals surface area (Å²) in [6.07, 6.45) is 0. The molecular formula is C32H31ClN4O5. The van der Waals surface area contributed by atoms with Gasteiger partial charge in [-0.3, -0.25) is 14.5 Å². The Hall–Kier alpha value is -4.34. The second-order valence-electron chi connectivity index (χ2n) is 10.8. The predicted molar refractivity (Wildman–Crippen MR) is 161 cm³/mol. The zero-order chi connectivity index (χ0) is 29.9. The Morgan fingerprint density at radius 1 is 1.07 bits per heavy atom. The third-order valence-corrected chi connectivity index (χ3v) is 8.07. The number of amides is 2. The number of hydrogen-bond donors (Lipinski definition) is 2. The van der Waals surface area contributed by atoms with Crippen LogP contribution in [0.3, 0.4) is 0 Å². The van der Waals surface area contributed by atoms with Crippen LogP contribution in [0, 0.1) is 13.8 Å². The summed E-state index contributed by atoms with van der Waals surface area (Å²) in [6.45, 7) is 7.85. The predicted octanol–water partition coefficient (Wildman–Crippen LogP) is 5.64. The lowest BCUT2D eigenvalue weighted by atomic mass is 9.86. The number of carbonyl (C=O) groups excluding carboxylic acids is 2. The van der Waals surface area contributed by atoms with Gasteiger partial charge in [0.05, 0.1) is 30.7 Å². The SMILES string of the molecule is COc1cc(OCCO)ccc1-c1nc2c(n1C(C)C)C1(C(=O)Nc3cc(C)ccc31)N(c1cc(Cl)ccc1C)C2=O. The molecule has 3 heterocycles. The first kappa shape index (κ1) is 27.8. The maximum atomic E-state index is 14.5. The van der Waals surface area contributed by atoms with E-state index in [9.17, 15) is 14.7 Å². The first-order chi connectivity index (χ1) is 20.1. The van der Waals surface area contributed by atoms with Crippen molar-refractivity contribution in [2.75, 3.05) is 30.5 Å². The van der Waals surface area contributed by atoms with Crippen molar-refractivity contribution in [1.29, 1.82) is 0 Å². The Balaban J connectivity index is 1.67. The van der Waals surface area contributed by atoms with Crippen molar-refractivity contribution in [3.63, 3.8) is 0 Å². The van der Waals surface area contributed by atoms with Crippen molar-refractivity contribution in [2.45, 2.75) is 39.3 Å². The van der Waals surface area contributed by atoms with Gasteiger partial charge in [-0.15, -0.1) is 0 Å². The summed E-state index contributed by atoms with van der Waals surface area (Å²) in [5.41, 5.74) is 3.39. The molecule has 9 nitrogen and oxygen atoms in total. The minimum atomic E-state index is -1.53. The van der Waals surface area contributed by atoms with Crippen LogP contribution >= 0.6 is 11.6 Å². The van der Waals surface area contributed by atoms with E-state index < -0.39 is 11.4 Å². The van der Waals surface area contributed by atoms with Gasteiger partial charge in [-0.1, -0.05) is 29.8 Å². The minimum Gasteiger partial charge on any atom is -0.496 e. The number of nitrogens with one attached hydrogen (secondary N) is 1. The van der Waals surface area contributed by atoms with Gasteiger partial charge in [-0.05, 0) is 69.2 Å². The quantitative estimate of drug-likeness (QED) is 0.290. The fourth-order valence-corrected chi connectivity index (χ4v) is 6.24. The average Bonchev–Trinajstić information content (AvgIpc) is 3.57. The van der Waals surface area contributed by atoms with Crippen molar-refractivity contribution in [3.8, 4) is 22.9 Å². The summed E-state index contributed by atoms with van der Waals surface area (Å²) < 4.78 is 13.3. The van der Waals surface area contributed by atoms with E-state index in [1.807, 2.05) is 62.6 Å². The first-order valence-corrected chi connectivity index (χ1v) is 14.1. The van der Waals surface area contributed by atoms with Gasteiger partial charge in [0.15, 0.2) is 11.2 Å². The molecule has 3 aromatic carbocycles. The lowest BCUT2D eigenvalue weighted by molar-refractivity contribution is -0.119. The van der Waals surface area contributed by atoms with Gasteiger partial charge in [-0.25, -0.2) is 4.98 Å². The number of aryl methyl sites for hydroxylation is 2. The molecule has 2 amide bonds. The van der Waals surface area contributed by atoms with Crippen molar-refractivity contribution in [1.82, 2.24) is 9.55 Å². The lowest BCUT2D eigenvalue weighted by Gasteiger charge is -2.36. The van der Waals surface area contributed by atoms with Crippen molar-refractivity contribution < 1.29 is 24.2 Å². The largest absolute Gasteiger partial charge is 0.496 e. The second-order valence-corrected chi connectivity index (χ2v) is 11.3. The number of halogens is 1. The number of hydrogen-bond acceptors (Lipinski definition) is 6. The number of methoxy groups -OCH3 is 1. The molecular weight excluding hydrogens is 556 g/mol. The normalized spacial score (nSPS) is 17.2. The molecule has 0 saturated carbocycles. The van der Waals surface area contributed by atoms with E-state index in [4.69, 9.17) is 26.1 Å². The molecule has 0 radical (unpaired) electrons. The monoisotopic (exact) mass is 586 g/mol. The van der Waals surface area contributed by atoms with Gasteiger partial charge in [0.2, 0.25) is 0 Å². The molecule has 2 aliphatic heterocycles. The number of aliphatic hydroxyl groups excluding tert-OH is 1. The Bertz CT molecular complexity index is 1760. The van der Waals surface area contributed by atoms with Gasteiger partial charge in [0, 0.05) is 28.4 Å². The minimum absolute atomic E-state index is 0.121. The number of anilines is 2. The zero-order valence-corrected chi connectivity index (χ0v) is 24.7. The lowest BCUT2D eigenvalue weighted by Crippen LogP contribution is -2.51. The van der Waals surface area contributed by atoms with E-state index in [1.165, 1.54) is 0 Å². The van der Waals surface area contributed by atoms with E-state index in [2.05, 4.69) is 5.32 Å². The molecule has 10 heteroatoms. The molecule has 0 bridgehead atoms. The Morgan fingerprint density at radius 3 is 2.57 bits per heavy atom. The van der Waals surface area contributed by atoms with Crippen LogP contribution in [-0.2, 0) is 10.3 Å². The van der Waals surface area contributed by atoms with E-state index in [0.717, 1.165) is 11.1 Å². The molecule has 42 heavy (non-hydrogen) atoms. The third-order valence-electron chi connectivity index (χ3n) is 7.84. The number of nitrogens with zero attached hydrogens (tertiary/aromatic N) is 3. The molecule has 1 aromatic heterocycles. The summed E-state index contributed by atoms with van der Waals surface area (Å²) in [6, 6.07) is 16.2. The Morgan fingerprint density at radius 2 is 1.86 bits per heavy atom. The van der Waals surface area contributed by atoms with Crippen LogP contribution in [-0.4, -0.2) is 46.8 Å². The van der Waals surface area contributed by atoms with E-state index in [-0.39, 0.29) is 30.9 Å². The number of carbonyl (C=O) groups is 2. The molecule has 2 N–H and O–H groups in total. The molecule has 1 spiro atoms. The number of fused-ring (bicyclic) bond motifs is 4. The highest BCUT2D eigenvalue weighted by molar-refractivity contribution is 6.31. The highest BCUT2D eigenvalue weighted by Gasteiger charge is 2.64. The van der Waals surface area contributed by atoms with Gasteiger partial charge < -0.3 is 24.5 Å². The Labute approximate surface area is 248 Å². The third kappa shape index (κ3) is 3.91. The van der Waals surface area contributed by atoms with Gasteiger partial charge in [0.1, 0.15) is 23.9 Å². The second kappa shape index (κ2) is 10.2. The maximum absolute atomic E-state index is 14.5. The summed E-state index contributed by atoms with van der Waals surface area (Å²) in [5.74, 6) is 0.745. The molecule has 4 aromatic rings. The van der Waals surface area contributed by atoms with Crippen LogP contribution in [0.25, 0.3) is 11.4 Å². The number of benzene rings is 3. The van der Waals surface area contributed by atoms with Gasteiger partial charge in [-0.2, -0.15) is 0 Å². The number of rotatable bonds is 7. The maximum Gasteiger partial charge on any atom is 0.280 e. The van der Waals surface area contributed by atoms with Crippen molar-refractivity contribution >= 4 is 34.8 Å². The number of imidazole rings is 1. The highest BCUT2D eigenvalue weighted by Crippen LogP contribution is 2.55. The summed E-state index contributed by atoms with van der Waals surface area (Å²) >= 11 is 6.45. The molecule has 2 aliphatic rings. The highest BCUT2D eigenvalue weighted by atomic mass is 35.5. The van der Waals surface area contributed by atoms with Crippen LogP contribution in [0.2, 0.25) is 5.02 Å². The molecule has 1 atom stereocenters. The fraction of sp³-hybridized carbons (Fsp3) is 0.281. The number of ether oxygens (including phenoxy) is 2. The molecule has 0 fully saturated rings. The van der Waals surface area contributed by atoms with Gasteiger partial charge >= 0.3 is 0 Å². The van der Waals surface area contributed by atoms with Gasteiger partial charge in [0.25, 0.3) is 11.8 Å². The summed E-state index contributed by atoms with van der Waals surface area (Å²) in [7, 11) is 1.55. The molecule has 0 aliphatic carbocycles. The summed E-state index contributed by atoms with van der Waals surface area (Å²) in [5, 5.41) is 12.7. The summed E-state index contributed by atoms with van der Waals surface area (Å²) in [4.78, 5) is 35.4. The molecule has 1 unspecified atom stereocenters. The van der Waals surface area contributed by atoms with Crippen LogP contribution in [0.5, 0.6) is 11.5 Å². The molecule has 0 saturated heterocycles. The smallest absolute Gasteiger partial charge is 0.280 e. The van der Waals surface area contributed by atoms with Crippen molar-refractivity contribution in [2.24, 2.45) is 0 Å². The molecule has 216 valence electrons. The van der Waals surface area contributed by atoms with E-state index in [0.29, 0.717) is 50.5 Å². The van der Waals surface area contributed by atoms with E-state index in [1.54, 1.807) is 36.3 Å². The fourth-order valence-electron chi connectivity index (χ4n) is 6.08. The topological polar surface area (TPSA) is 106 Å². The van der Waals surface area contributed by atoms with E-state index >= 15 is 0 Å². The first-order valence-electron chi connectivity index (χ1n) is 13.7. The van der Waals surface area contributed by atoms with Crippen LogP contribution < -0.4 is 19.7 Å². The van der Waals surface area contributed by atoms with Crippen molar-refractivity contribution in [3.05, 3.63) is 87.7 Å². The standard InChI is InChI=1S/C32H31ClN4O5/c1-17(2)36-28-27(35-29(36)22-10-9-21(42-13-12-38)16-26(22)41-5)30(39)37(25-15-20(33)8-7-19(25)4)32(28)23-11-6-18(3)14-24(23)34-31(32)40/h6-11,14-17,38H,12-13H2,1-5H3,(H,34,40). The zero-order valence-electron chi connectivity index (χ0n) is 24.0. The Kier molecular flexibility index (Phi) is 6.74. The molecule has 6 rings (SSSR count). The van der Waals surface area contributed by atoms with Crippen LogP contribution in [0.4, 0.5) is 11.4 Å². The van der Waals surface area contributed by atoms with Crippen LogP contribution in [0.1, 0.15) is 52.8 Å². The number of aromatic nitrogens is 2.